The third kappa shape index (κ3) is 1.71. The fourth-order valence-electron chi connectivity index (χ4n) is 5.40. The predicted octanol–water partition coefficient (Wildman–Crippen LogP) is 3.96. The molecule has 2 heteroatoms. The summed E-state index contributed by atoms with van der Waals surface area (Å²) in [6.07, 6.45) is 7.69. The first-order valence-corrected chi connectivity index (χ1v) is 7.68. The van der Waals surface area contributed by atoms with Gasteiger partial charge in [0.05, 0.1) is 0 Å². The fourth-order valence-corrected chi connectivity index (χ4v) is 5.40. The van der Waals surface area contributed by atoms with E-state index in [-0.39, 0.29) is 5.97 Å². The number of ether oxygens (including phenoxy) is 1. The van der Waals surface area contributed by atoms with E-state index in [2.05, 4.69) is 26.8 Å². The van der Waals surface area contributed by atoms with Crippen molar-refractivity contribution in [1.29, 1.82) is 0 Å². The van der Waals surface area contributed by atoms with Crippen molar-refractivity contribution in [3.05, 3.63) is 11.6 Å². The lowest BCUT2D eigenvalue weighted by Crippen LogP contribution is -2.26. The average Bonchev–Trinajstić information content (AvgIpc) is 2.71. The molecule has 5 atom stereocenters. The van der Waals surface area contributed by atoms with E-state index in [1.54, 1.807) is 0 Å². The van der Waals surface area contributed by atoms with Crippen LogP contribution in [0.4, 0.5) is 0 Å². The molecule has 106 valence electrons. The lowest BCUT2D eigenvalue weighted by molar-refractivity contribution is -0.139. The summed E-state index contributed by atoms with van der Waals surface area (Å²) in [4.78, 5) is 10.8. The minimum absolute atomic E-state index is 0.190. The Kier molecular flexibility index (Phi) is 2.85. The van der Waals surface area contributed by atoms with Crippen LogP contribution < -0.4 is 0 Å². The molecule has 0 aromatic rings. The standard InChI is InChI=1S/C17H26O2/c1-11(10-19-12(2)18)6-5-7-16(3)13-8-14-15(9-13)17(14,16)4/h6,13-15H,5,7-10H2,1-4H3/b11-6-/t13?,14-,15+,16-,17?/m1/s1. The van der Waals surface area contributed by atoms with Gasteiger partial charge >= 0.3 is 5.97 Å². The van der Waals surface area contributed by atoms with Crippen LogP contribution in [0.25, 0.3) is 0 Å². The second kappa shape index (κ2) is 4.10. The van der Waals surface area contributed by atoms with Crippen molar-refractivity contribution < 1.29 is 9.53 Å². The molecule has 0 amide bonds. The largest absolute Gasteiger partial charge is 0.461 e. The summed E-state index contributed by atoms with van der Waals surface area (Å²) in [5, 5.41) is 0. The van der Waals surface area contributed by atoms with E-state index >= 15 is 0 Å². The smallest absolute Gasteiger partial charge is 0.302 e. The van der Waals surface area contributed by atoms with E-state index in [1.807, 2.05) is 0 Å². The Bertz CT molecular complexity index is 425. The van der Waals surface area contributed by atoms with Gasteiger partial charge in [0, 0.05) is 6.92 Å². The first-order chi connectivity index (χ1) is 8.89. The van der Waals surface area contributed by atoms with Gasteiger partial charge in [-0.3, -0.25) is 4.79 Å². The lowest BCUT2D eigenvalue weighted by atomic mass is 9.71. The summed E-state index contributed by atoms with van der Waals surface area (Å²) >= 11 is 0. The Hall–Kier alpha value is -0.790. The quantitative estimate of drug-likeness (QED) is 0.554. The SMILES string of the molecule is CC(=O)OC/C(C)=C\CC[C@]1(C)C2C[C@@H]3[C@H](C2)C31C. The second-order valence-electron chi connectivity index (χ2n) is 7.45. The number of allylic oxidation sites excluding steroid dienone is 1. The maximum atomic E-state index is 10.8. The highest BCUT2D eigenvalue weighted by atomic mass is 16.5. The molecule has 19 heavy (non-hydrogen) atoms. The van der Waals surface area contributed by atoms with Crippen LogP contribution in [0.3, 0.4) is 0 Å². The monoisotopic (exact) mass is 262 g/mol. The number of hydrogen-bond donors (Lipinski definition) is 0. The Morgan fingerprint density at radius 1 is 1.26 bits per heavy atom. The zero-order chi connectivity index (χ0) is 13.8. The summed E-state index contributed by atoms with van der Waals surface area (Å²) in [7, 11) is 0. The number of rotatable bonds is 5. The van der Waals surface area contributed by atoms with Gasteiger partial charge < -0.3 is 4.74 Å². The van der Waals surface area contributed by atoms with E-state index in [9.17, 15) is 4.79 Å². The highest BCUT2D eigenvalue weighted by Gasteiger charge is 2.80. The van der Waals surface area contributed by atoms with Crippen molar-refractivity contribution in [1.82, 2.24) is 0 Å². The van der Waals surface area contributed by atoms with Gasteiger partial charge in [-0.15, -0.1) is 0 Å². The third-order valence-corrected chi connectivity index (χ3v) is 6.79. The molecule has 4 aliphatic carbocycles. The summed E-state index contributed by atoms with van der Waals surface area (Å²) in [6.45, 7) is 9.04. The van der Waals surface area contributed by atoms with Crippen molar-refractivity contribution in [3.8, 4) is 0 Å². The first-order valence-electron chi connectivity index (χ1n) is 7.68. The third-order valence-electron chi connectivity index (χ3n) is 6.79. The molecule has 0 spiro atoms. The Balaban J connectivity index is 1.53. The van der Waals surface area contributed by atoms with Crippen LogP contribution in [0.15, 0.2) is 11.6 Å². The molecule has 0 heterocycles. The van der Waals surface area contributed by atoms with Gasteiger partial charge in [0.2, 0.25) is 0 Å². The van der Waals surface area contributed by atoms with Crippen molar-refractivity contribution in [2.24, 2.45) is 28.6 Å². The molecule has 0 aromatic carbocycles. The molecule has 0 aliphatic heterocycles. The van der Waals surface area contributed by atoms with Crippen LogP contribution in [0.1, 0.15) is 53.4 Å². The average molecular weight is 262 g/mol. The van der Waals surface area contributed by atoms with Gasteiger partial charge in [-0.05, 0) is 66.8 Å². The van der Waals surface area contributed by atoms with Crippen molar-refractivity contribution in [2.45, 2.75) is 53.4 Å². The molecule has 0 aromatic heterocycles. The topological polar surface area (TPSA) is 26.3 Å². The summed E-state index contributed by atoms with van der Waals surface area (Å²) in [6, 6.07) is 0. The molecule has 4 aliphatic rings. The molecule has 0 radical (unpaired) electrons. The van der Waals surface area contributed by atoms with E-state index < -0.39 is 0 Å². The van der Waals surface area contributed by atoms with Crippen molar-refractivity contribution in [3.63, 3.8) is 0 Å². The molecule has 4 fully saturated rings. The van der Waals surface area contributed by atoms with E-state index in [1.165, 1.54) is 31.8 Å². The second-order valence-corrected chi connectivity index (χ2v) is 7.45. The zero-order valence-corrected chi connectivity index (χ0v) is 12.7. The van der Waals surface area contributed by atoms with Crippen molar-refractivity contribution in [2.75, 3.05) is 6.61 Å². The van der Waals surface area contributed by atoms with Crippen molar-refractivity contribution >= 4 is 5.97 Å². The normalized spacial score (nSPS) is 46.5. The Morgan fingerprint density at radius 3 is 2.37 bits per heavy atom. The Labute approximate surface area is 116 Å². The van der Waals surface area contributed by atoms with Gasteiger partial charge in [-0.1, -0.05) is 19.9 Å². The Morgan fingerprint density at radius 2 is 1.89 bits per heavy atom. The molecule has 0 N–H and O–H groups in total. The summed E-state index contributed by atoms with van der Waals surface area (Å²) < 4.78 is 5.02. The van der Waals surface area contributed by atoms with Gasteiger partial charge in [0.25, 0.3) is 0 Å². The molecule has 4 saturated carbocycles. The number of carbonyl (C=O) groups excluding carboxylic acids is 1. The van der Waals surface area contributed by atoms with Gasteiger partial charge in [-0.25, -0.2) is 0 Å². The first kappa shape index (κ1) is 13.2. The maximum Gasteiger partial charge on any atom is 0.302 e. The van der Waals surface area contributed by atoms with Crippen LogP contribution >= 0.6 is 0 Å². The number of carbonyl (C=O) groups is 1. The zero-order valence-electron chi connectivity index (χ0n) is 12.7. The molecule has 4 rings (SSSR count). The predicted molar refractivity (Wildman–Crippen MR) is 75.5 cm³/mol. The van der Waals surface area contributed by atoms with Crippen LogP contribution in [0.2, 0.25) is 0 Å². The minimum atomic E-state index is -0.190. The molecule has 0 saturated heterocycles. The lowest BCUT2D eigenvalue weighted by Gasteiger charge is -2.34. The minimum Gasteiger partial charge on any atom is -0.461 e. The van der Waals surface area contributed by atoms with Crippen LogP contribution in [-0.4, -0.2) is 12.6 Å². The van der Waals surface area contributed by atoms with Crippen LogP contribution in [-0.2, 0) is 9.53 Å². The van der Waals surface area contributed by atoms with E-state index in [0.29, 0.717) is 17.4 Å². The molecular formula is C17H26O2. The van der Waals surface area contributed by atoms with Crippen LogP contribution in [0, 0.1) is 28.6 Å². The van der Waals surface area contributed by atoms with E-state index in [4.69, 9.17) is 4.74 Å². The number of hydrogen-bond acceptors (Lipinski definition) is 2. The molecule has 4 bridgehead atoms. The molecule has 2 nitrogen and oxygen atoms in total. The molecular weight excluding hydrogens is 236 g/mol. The fraction of sp³-hybridized carbons (Fsp3) is 0.824. The summed E-state index contributed by atoms with van der Waals surface area (Å²) in [5.41, 5.74) is 2.41. The molecule has 2 unspecified atom stereocenters. The van der Waals surface area contributed by atoms with Crippen LogP contribution in [0.5, 0.6) is 0 Å². The number of esters is 1. The highest BCUT2D eigenvalue weighted by molar-refractivity contribution is 5.66. The van der Waals surface area contributed by atoms with Gasteiger partial charge in [0.1, 0.15) is 6.61 Å². The van der Waals surface area contributed by atoms with Gasteiger partial charge in [0.15, 0.2) is 0 Å². The summed E-state index contributed by atoms with van der Waals surface area (Å²) in [5.74, 6) is 2.89. The van der Waals surface area contributed by atoms with E-state index in [0.717, 1.165) is 24.2 Å². The maximum absolute atomic E-state index is 10.8. The van der Waals surface area contributed by atoms with Gasteiger partial charge in [-0.2, -0.15) is 0 Å². The highest BCUT2D eigenvalue weighted by Crippen LogP contribution is 2.87.